The average Bonchev–Trinajstić information content (AvgIpc) is 3.11. The van der Waals surface area contributed by atoms with Crippen LogP contribution in [0.15, 0.2) is 47.5 Å². The van der Waals surface area contributed by atoms with E-state index in [4.69, 9.17) is 15.5 Å². The van der Waals surface area contributed by atoms with Gasteiger partial charge in [-0.2, -0.15) is 5.26 Å². The van der Waals surface area contributed by atoms with E-state index in [1.165, 1.54) is 4.90 Å². The van der Waals surface area contributed by atoms with Crippen molar-refractivity contribution in [3.63, 3.8) is 0 Å². The molecule has 0 aromatic heterocycles. The number of hydrogen-bond donors (Lipinski definition) is 1. The lowest BCUT2D eigenvalue weighted by atomic mass is 9.62. The number of hydrogen-bond acceptors (Lipinski definition) is 5. The largest absolute Gasteiger partial charge is 0.497 e. The van der Waals surface area contributed by atoms with Gasteiger partial charge in [-0.3, -0.25) is 9.69 Å². The van der Waals surface area contributed by atoms with Gasteiger partial charge < -0.3 is 10.5 Å². The molecule has 2 unspecified atom stereocenters. The Hall–Kier alpha value is -3.33. The highest BCUT2D eigenvalue weighted by atomic mass is 16.5. The van der Waals surface area contributed by atoms with Gasteiger partial charge in [-0.05, 0) is 60.7 Å². The van der Waals surface area contributed by atoms with E-state index in [0.717, 1.165) is 28.9 Å². The fourth-order valence-electron chi connectivity index (χ4n) is 4.71. The molecule has 2 aromatic carbocycles. The lowest BCUT2D eigenvalue weighted by Gasteiger charge is -2.48. The molecular formula is C22H22N4O2. The van der Waals surface area contributed by atoms with Gasteiger partial charge in [-0.15, -0.1) is 0 Å². The molecule has 1 heterocycles. The highest BCUT2D eigenvalue weighted by molar-refractivity contribution is 6.05. The Bertz CT molecular complexity index is 1050. The Labute approximate surface area is 164 Å². The summed E-state index contributed by atoms with van der Waals surface area (Å²) in [7, 11) is 3.30. The van der Waals surface area contributed by atoms with E-state index >= 15 is 0 Å². The Balaban J connectivity index is 2.02. The molecule has 2 aliphatic rings. The fourth-order valence-corrected chi connectivity index (χ4v) is 4.71. The van der Waals surface area contributed by atoms with E-state index < -0.39 is 11.0 Å². The zero-order chi connectivity index (χ0) is 20.1. The van der Waals surface area contributed by atoms with Gasteiger partial charge in [0.15, 0.2) is 5.96 Å². The summed E-state index contributed by atoms with van der Waals surface area (Å²) in [6, 6.07) is 15.3. The molecule has 4 rings (SSSR count). The van der Waals surface area contributed by atoms with Crippen molar-refractivity contribution in [2.45, 2.75) is 30.7 Å². The van der Waals surface area contributed by atoms with Crippen LogP contribution in [0.25, 0.3) is 0 Å². The number of aliphatic imine (C=N–C) groups is 1. The first kappa shape index (κ1) is 18.1. The van der Waals surface area contributed by atoms with Crippen LogP contribution >= 0.6 is 0 Å². The minimum absolute atomic E-state index is 0.0752. The van der Waals surface area contributed by atoms with Crippen LogP contribution in [-0.2, 0) is 22.2 Å². The predicted octanol–water partition coefficient (Wildman–Crippen LogP) is 2.45. The molecule has 0 fully saturated rings. The maximum absolute atomic E-state index is 13.7. The summed E-state index contributed by atoms with van der Waals surface area (Å²) in [6.45, 7) is 1.95. The van der Waals surface area contributed by atoms with Crippen LogP contribution < -0.4 is 10.5 Å². The molecule has 142 valence electrons. The van der Waals surface area contributed by atoms with Crippen molar-refractivity contribution in [2.75, 3.05) is 14.2 Å². The molecule has 28 heavy (non-hydrogen) atoms. The number of nitrogens with zero attached hydrogens (tertiary/aromatic N) is 3. The predicted molar refractivity (Wildman–Crippen MR) is 106 cm³/mol. The fraction of sp³-hybridized carbons (Fsp3) is 0.318. The molecule has 6 heteroatoms. The summed E-state index contributed by atoms with van der Waals surface area (Å²) in [5.41, 5.74) is 7.69. The number of carbonyl (C=O) groups excluding carboxylic acids is 1. The molecule has 2 aromatic rings. The van der Waals surface area contributed by atoms with Crippen molar-refractivity contribution in [1.82, 2.24) is 4.90 Å². The molecule has 0 saturated heterocycles. The molecule has 1 spiro atoms. The van der Waals surface area contributed by atoms with Crippen LogP contribution in [0.3, 0.4) is 0 Å². The molecule has 0 radical (unpaired) electrons. The molecule has 0 bridgehead atoms. The molecule has 1 aliphatic carbocycles. The molecule has 2 atom stereocenters. The summed E-state index contributed by atoms with van der Waals surface area (Å²) >= 11 is 0. The number of aryl methyl sites for hydroxylation is 1. The van der Waals surface area contributed by atoms with E-state index in [0.29, 0.717) is 12.0 Å². The Kier molecular flexibility index (Phi) is 3.93. The van der Waals surface area contributed by atoms with Gasteiger partial charge in [0.05, 0.1) is 18.7 Å². The standard InChI is InChI=1S/C22H22N4O2/c1-21(16-6-4-5-14(11-16)13-23)22(19(27)26(2)20(24)25-21)10-9-15-12-17(28-3)7-8-18(15)22/h4-8,11-12H,9-10H2,1-3H3,(H2,24,25). The van der Waals surface area contributed by atoms with Crippen molar-refractivity contribution in [3.05, 3.63) is 64.7 Å². The number of nitrogens with two attached hydrogens (primary N) is 1. The normalized spacial score (nSPS) is 26.0. The van der Waals surface area contributed by atoms with Gasteiger partial charge in [0.1, 0.15) is 16.7 Å². The molecule has 1 aliphatic heterocycles. The van der Waals surface area contributed by atoms with Crippen molar-refractivity contribution in [2.24, 2.45) is 10.7 Å². The minimum Gasteiger partial charge on any atom is -0.497 e. The molecule has 1 amide bonds. The second-order valence-corrected chi connectivity index (χ2v) is 7.53. The monoisotopic (exact) mass is 374 g/mol. The summed E-state index contributed by atoms with van der Waals surface area (Å²) in [6.07, 6.45) is 1.36. The number of ether oxygens (including phenoxy) is 1. The maximum atomic E-state index is 13.7. The molecular weight excluding hydrogens is 352 g/mol. The number of guanidine groups is 1. The maximum Gasteiger partial charge on any atom is 0.242 e. The average molecular weight is 374 g/mol. The van der Waals surface area contributed by atoms with Crippen molar-refractivity contribution < 1.29 is 9.53 Å². The van der Waals surface area contributed by atoms with Crippen molar-refractivity contribution >= 4 is 11.9 Å². The number of benzene rings is 2. The highest BCUT2D eigenvalue weighted by Gasteiger charge is 2.62. The summed E-state index contributed by atoms with van der Waals surface area (Å²) in [5, 5.41) is 9.36. The van der Waals surface area contributed by atoms with Gasteiger partial charge >= 0.3 is 0 Å². The third-order valence-corrected chi connectivity index (χ3v) is 6.28. The minimum atomic E-state index is -0.923. The molecule has 2 N–H and O–H groups in total. The number of likely N-dealkylation sites (N-methyl/N-ethyl adjacent to an activating group) is 1. The zero-order valence-electron chi connectivity index (χ0n) is 16.2. The van der Waals surface area contributed by atoms with E-state index in [1.807, 2.05) is 37.3 Å². The third kappa shape index (κ3) is 2.19. The topological polar surface area (TPSA) is 91.7 Å². The highest BCUT2D eigenvalue weighted by Crippen LogP contribution is 2.55. The number of amides is 1. The number of rotatable bonds is 2. The van der Waals surface area contributed by atoms with Gasteiger partial charge in [-0.25, -0.2) is 4.99 Å². The van der Waals surface area contributed by atoms with Crippen LogP contribution in [0.2, 0.25) is 0 Å². The zero-order valence-corrected chi connectivity index (χ0v) is 16.2. The lowest BCUT2D eigenvalue weighted by molar-refractivity contribution is -0.136. The Morgan fingerprint density at radius 3 is 2.79 bits per heavy atom. The van der Waals surface area contributed by atoms with Crippen LogP contribution in [0.5, 0.6) is 5.75 Å². The van der Waals surface area contributed by atoms with Crippen molar-refractivity contribution in [1.29, 1.82) is 5.26 Å². The third-order valence-electron chi connectivity index (χ3n) is 6.28. The first-order valence-electron chi connectivity index (χ1n) is 9.19. The number of carbonyl (C=O) groups is 1. The van der Waals surface area contributed by atoms with Gasteiger partial charge in [-0.1, -0.05) is 18.2 Å². The van der Waals surface area contributed by atoms with E-state index in [9.17, 15) is 10.1 Å². The van der Waals surface area contributed by atoms with Crippen molar-refractivity contribution in [3.8, 4) is 11.8 Å². The SMILES string of the molecule is COc1ccc2c(c1)CCC21C(=O)N(C)C(N)=NC1(C)c1cccc(C#N)c1. The van der Waals surface area contributed by atoms with Crippen LogP contribution in [0.1, 0.15) is 35.6 Å². The van der Waals surface area contributed by atoms with E-state index in [1.54, 1.807) is 26.3 Å². The second-order valence-electron chi connectivity index (χ2n) is 7.53. The van der Waals surface area contributed by atoms with E-state index in [2.05, 4.69) is 6.07 Å². The molecule has 6 nitrogen and oxygen atoms in total. The lowest BCUT2D eigenvalue weighted by Crippen LogP contribution is -2.62. The smallest absolute Gasteiger partial charge is 0.242 e. The quantitative estimate of drug-likeness (QED) is 0.874. The van der Waals surface area contributed by atoms with Crippen LogP contribution in [0, 0.1) is 11.3 Å². The van der Waals surface area contributed by atoms with E-state index in [-0.39, 0.29) is 11.9 Å². The number of fused-ring (bicyclic) bond motifs is 2. The first-order chi connectivity index (χ1) is 13.4. The second kappa shape index (κ2) is 6.10. The number of methoxy groups -OCH3 is 1. The summed E-state index contributed by atoms with van der Waals surface area (Å²) in [5.74, 6) is 0.875. The number of nitriles is 1. The summed E-state index contributed by atoms with van der Waals surface area (Å²) in [4.78, 5) is 20.0. The van der Waals surface area contributed by atoms with Gasteiger partial charge in [0, 0.05) is 7.05 Å². The first-order valence-corrected chi connectivity index (χ1v) is 9.19. The summed E-state index contributed by atoms with van der Waals surface area (Å²) < 4.78 is 5.37. The van der Waals surface area contributed by atoms with Crippen LogP contribution in [-0.4, -0.2) is 30.9 Å². The molecule has 0 saturated carbocycles. The van der Waals surface area contributed by atoms with Gasteiger partial charge in [0.2, 0.25) is 5.91 Å². The Morgan fingerprint density at radius 2 is 2.07 bits per heavy atom. The van der Waals surface area contributed by atoms with Gasteiger partial charge in [0.25, 0.3) is 0 Å². The Morgan fingerprint density at radius 1 is 1.29 bits per heavy atom. The van der Waals surface area contributed by atoms with Crippen LogP contribution in [0.4, 0.5) is 0 Å².